The molecule has 1 atom stereocenters. The molecule has 0 aliphatic rings. The van der Waals surface area contributed by atoms with Gasteiger partial charge in [-0.25, -0.2) is 0 Å². The first-order valence-electron chi connectivity index (χ1n) is 8.88. The number of anilines is 1. The highest BCUT2D eigenvalue weighted by Crippen LogP contribution is 2.37. The summed E-state index contributed by atoms with van der Waals surface area (Å²) < 4.78 is 48.7. The standard InChI is InChI=1S/C19H16F3N3O4S.CH3F/c1-18(27,9-8-12-2-4-13(5-3-12)23-11-30)17(26)24-14-6-7-16(25(28)29)15(10-14)19(20,21)22;1-2/h2-7,10,27H,8-9H2,1H3,(H,24,26);1H3/t18-;/m1./s1. The van der Waals surface area contributed by atoms with Gasteiger partial charge >= 0.3 is 6.18 Å². The van der Waals surface area contributed by atoms with Crippen molar-refractivity contribution in [3.05, 3.63) is 63.7 Å². The third-order valence-corrected chi connectivity index (χ3v) is 4.35. The highest BCUT2D eigenvalue weighted by Gasteiger charge is 2.39. The van der Waals surface area contributed by atoms with Crippen molar-refractivity contribution in [3.8, 4) is 0 Å². The van der Waals surface area contributed by atoms with Crippen LogP contribution in [0.25, 0.3) is 0 Å². The third kappa shape index (κ3) is 7.49. The first kappa shape index (κ1) is 26.8. The molecule has 2 aromatic carbocycles. The van der Waals surface area contributed by atoms with E-state index in [0.717, 1.165) is 11.6 Å². The second-order valence-electron chi connectivity index (χ2n) is 6.58. The molecule has 1 amide bonds. The van der Waals surface area contributed by atoms with E-state index in [0.29, 0.717) is 31.4 Å². The van der Waals surface area contributed by atoms with Crippen molar-refractivity contribution < 1.29 is 32.4 Å². The largest absolute Gasteiger partial charge is 0.423 e. The number of nitrogens with zero attached hydrogens (tertiary/aromatic N) is 2. The van der Waals surface area contributed by atoms with Gasteiger partial charge in [0.25, 0.3) is 11.6 Å². The SMILES string of the molecule is CF.C[C@@](O)(CCc1ccc(N=C=S)cc1)C(=O)Nc1ccc([N+](=O)[O-])c(C(F)(F)F)c1. The molecule has 7 nitrogen and oxygen atoms in total. The van der Waals surface area contributed by atoms with Crippen LogP contribution in [0.2, 0.25) is 0 Å². The van der Waals surface area contributed by atoms with E-state index in [4.69, 9.17) is 0 Å². The van der Waals surface area contributed by atoms with Crippen molar-refractivity contribution in [2.45, 2.75) is 31.5 Å². The monoisotopic (exact) mass is 473 g/mol. The molecular formula is C20H19F4N3O4S. The third-order valence-electron chi connectivity index (χ3n) is 4.26. The maximum atomic E-state index is 13.1. The number of nitro groups is 1. The lowest BCUT2D eigenvalue weighted by Crippen LogP contribution is -2.40. The van der Waals surface area contributed by atoms with Gasteiger partial charge in [-0.05, 0) is 61.8 Å². The van der Waals surface area contributed by atoms with Gasteiger partial charge in [-0.15, -0.1) is 0 Å². The molecule has 0 fully saturated rings. The van der Waals surface area contributed by atoms with Crippen LogP contribution < -0.4 is 5.32 Å². The second-order valence-corrected chi connectivity index (χ2v) is 6.77. The number of hydrogen-bond acceptors (Lipinski definition) is 6. The fourth-order valence-corrected chi connectivity index (χ4v) is 2.66. The summed E-state index contributed by atoms with van der Waals surface area (Å²) in [6.45, 7) is 1.23. The summed E-state index contributed by atoms with van der Waals surface area (Å²) in [5.74, 6) is -0.939. The maximum absolute atomic E-state index is 13.1. The lowest BCUT2D eigenvalue weighted by atomic mass is 9.95. The van der Waals surface area contributed by atoms with Crippen LogP contribution in [0.3, 0.4) is 0 Å². The van der Waals surface area contributed by atoms with E-state index >= 15 is 0 Å². The van der Waals surface area contributed by atoms with Crippen LogP contribution in [0.1, 0.15) is 24.5 Å². The van der Waals surface area contributed by atoms with E-state index in [-0.39, 0.29) is 12.1 Å². The van der Waals surface area contributed by atoms with Crippen molar-refractivity contribution in [2.24, 2.45) is 4.99 Å². The minimum atomic E-state index is -4.98. The molecule has 2 rings (SSSR count). The van der Waals surface area contributed by atoms with E-state index in [9.17, 15) is 37.6 Å². The summed E-state index contributed by atoms with van der Waals surface area (Å²) in [5, 5.41) is 25.6. The zero-order valence-corrected chi connectivity index (χ0v) is 17.8. The van der Waals surface area contributed by atoms with Crippen molar-refractivity contribution in [3.63, 3.8) is 0 Å². The number of halogens is 4. The maximum Gasteiger partial charge on any atom is 0.423 e. The van der Waals surface area contributed by atoms with Gasteiger partial charge in [0, 0.05) is 11.8 Å². The Labute approximate surface area is 185 Å². The van der Waals surface area contributed by atoms with Crippen LogP contribution in [0.4, 0.5) is 34.6 Å². The molecule has 2 aromatic rings. The molecule has 0 bridgehead atoms. The van der Waals surface area contributed by atoms with Crippen LogP contribution in [0.5, 0.6) is 0 Å². The molecule has 0 unspecified atom stereocenters. The predicted octanol–water partition coefficient (Wildman–Crippen LogP) is 5.26. The quantitative estimate of drug-likeness (QED) is 0.188. The van der Waals surface area contributed by atoms with E-state index in [1.807, 2.05) is 0 Å². The average molecular weight is 473 g/mol. The number of nitro benzene ring substituents is 1. The number of thiocarbonyl (C=S) groups is 1. The first-order valence-corrected chi connectivity index (χ1v) is 9.29. The average Bonchev–Trinajstić information content (AvgIpc) is 2.74. The van der Waals surface area contributed by atoms with E-state index in [1.54, 1.807) is 24.3 Å². The van der Waals surface area contributed by atoms with Gasteiger partial charge in [0.15, 0.2) is 0 Å². The smallest absolute Gasteiger partial charge is 0.380 e. The zero-order chi connectivity index (χ0) is 24.5. The number of aliphatic imine (C=N–C) groups is 1. The number of carbonyl (C=O) groups is 1. The van der Waals surface area contributed by atoms with Crippen LogP contribution in [0.15, 0.2) is 47.5 Å². The number of alkyl halides is 4. The molecule has 32 heavy (non-hydrogen) atoms. The molecular weight excluding hydrogens is 454 g/mol. The van der Waals surface area contributed by atoms with Crippen LogP contribution >= 0.6 is 12.2 Å². The topological polar surface area (TPSA) is 105 Å². The molecule has 0 aromatic heterocycles. The highest BCUT2D eigenvalue weighted by atomic mass is 32.1. The summed E-state index contributed by atoms with van der Waals surface area (Å²) in [5.41, 5.74) is -3.46. The Balaban J connectivity index is 0.00000249. The van der Waals surface area contributed by atoms with Crippen molar-refractivity contribution >= 4 is 40.3 Å². The normalized spacial score (nSPS) is 12.5. The number of nitrogens with one attached hydrogen (secondary N) is 1. The fourth-order valence-electron chi connectivity index (χ4n) is 2.56. The Morgan fingerprint density at radius 3 is 2.31 bits per heavy atom. The van der Waals surface area contributed by atoms with E-state index in [2.05, 4.69) is 27.7 Å². The Bertz CT molecular complexity index is 1000. The van der Waals surface area contributed by atoms with Crippen molar-refractivity contribution in [1.82, 2.24) is 0 Å². The fraction of sp³-hybridized carbons (Fsp3) is 0.300. The van der Waals surface area contributed by atoms with E-state index < -0.39 is 33.9 Å². The molecule has 0 saturated carbocycles. The Morgan fingerprint density at radius 2 is 1.81 bits per heavy atom. The van der Waals surface area contributed by atoms with Gasteiger partial charge in [0.2, 0.25) is 0 Å². The van der Waals surface area contributed by atoms with Crippen LogP contribution in [0, 0.1) is 10.1 Å². The molecule has 0 saturated heterocycles. The van der Waals surface area contributed by atoms with E-state index in [1.165, 1.54) is 6.92 Å². The molecule has 2 N–H and O–H groups in total. The van der Waals surface area contributed by atoms with Gasteiger partial charge < -0.3 is 10.4 Å². The Morgan fingerprint density at radius 1 is 1.22 bits per heavy atom. The zero-order valence-electron chi connectivity index (χ0n) is 16.9. The van der Waals surface area contributed by atoms with Gasteiger partial charge in [-0.1, -0.05) is 12.1 Å². The number of benzene rings is 2. The molecule has 172 valence electrons. The lowest BCUT2D eigenvalue weighted by molar-refractivity contribution is -0.388. The van der Waals surface area contributed by atoms with Crippen molar-refractivity contribution in [2.75, 3.05) is 12.5 Å². The first-order chi connectivity index (χ1) is 14.9. The van der Waals surface area contributed by atoms with Crippen molar-refractivity contribution in [1.29, 1.82) is 0 Å². The summed E-state index contributed by atoms with van der Waals surface area (Å²) >= 11 is 4.51. The number of rotatable bonds is 7. The van der Waals surface area contributed by atoms with Gasteiger partial charge in [0.1, 0.15) is 11.2 Å². The highest BCUT2D eigenvalue weighted by molar-refractivity contribution is 7.78. The van der Waals surface area contributed by atoms with Crippen LogP contribution in [-0.2, 0) is 17.4 Å². The number of aliphatic hydroxyl groups is 1. The predicted molar refractivity (Wildman–Crippen MR) is 114 cm³/mol. The van der Waals surface area contributed by atoms with Gasteiger partial charge in [-0.2, -0.15) is 18.2 Å². The molecule has 12 heteroatoms. The van der Waals surface area contributed by atoms with Gasteiger partial charge in [0.05, 0.1) is 22.9 Å². The summed E-state index contributed by atoms with van der Waals surface area (Å²) in [7, 11) is 0.500. The Kier molecular flexibility index (Phi) is 9.57. The Hall–Kier alpha value is -3.21. The molecule has 0 spiro atoms. The molecule has 0 radical (unpaired) electrons. The molecule has 0 aliphatic heterocycles. The summed E-state index contributed by atoms with van der Waals surface area (Å²) in [6, 6.07) is 8.89. The minimum absolute atomic E-state index is 0.0201. The molecule has 0 heterocycles. The number of amides is 1. The summed E-state index contributed by atoms with van der Waals surface area (Å²) in [4.78, 5) is 25.8. The number of aryl methyl sites for hydroxylation is 1. The second kappa shape index (κ2) is 11.4. The number of isothiocyanates is 1. The van der Waals surface area contributed by atoms with Gasteiger partial charge in [-0.3, -0.25) is 19.3 Å². The summed E-state index contributed by atoms with van der Waals surface area (Å²) in [6.07, 6.45) is -4.70. The van der Waals surface area contributed by atoms with Crippen LogP contribution in [-0.4, -0.2) is 33.9 Å². The minimum Gasteiger partial charge on any atom is -0.380 e. The number of hydrogen-bond donors (Lipinski definition) is 2. The number of carbonyl (C=O) groups excluding carboxylic acids is 1. The molecule has 0 aliphatic carbocycles. The lowest BCUT2D eigenvalue weighted by Gasteiger charge is -2.22.